The van der Waals surface area contributed by atoms with E-state index in [4.69, 9.17) is 16.7 Å². The van der Waals surface area contributed by atoms with Gasteiger partial charge in [-0.3, -0.25) is 4.79 Å². The second-order valence-electron chi connectivity index (χ2n) is 4.91. The maximum Gasteiger partial charge on any atom is 0.303 e. The van der Waals surface area contributed by atoms with E-state index in [1.807, 2.05) is 18.2 Å². The summed E-state index contributed by atoms with van der Waals surface area (Å²) in [5.41, 5.74) is 1.96. The molecule has 0 saturated carbocycles. The first-order valence-corrected chi connectivity index (χ1v) is 7.36. The van der Waals surface area contributed by atoms with Crippen molar-refractivity contribution < 1.29 is 9.90 Å². The van der Waals surface area contributed by atoms with Crippen molar-refractivity contribution in [2.45, 2.75) is 45.6 Å². The van der Waals surface area contributed by atoms with Gasteiger partial charge in [0.05, 0.1) is 11.0 Å². The van der Waals surface area contributed by atoms with E-state index in [0.29, 0.717) is 17.9 Å². The molecule has 1 N–H and O–H groups in total. The molecule has 0 atom stereocenters. The highest BCUT2D eigenvalue weighted by atomic mass is 35.5. The lowest BCUT2D eigenvalue weighted by atomic mass is 10.2. The second kappa shape index (κ2) is 6.75. The van der Waals surface area contributed by atoms with Gasteiger partial charge >= 0.3 is 5.97 Å². The maximum atomic E-state index is 10.6. The second-order valence-corrected chi connectivity index (χ2v) is 5.35. The molecule has 0 aliphatic carbocycles. The number of unbranched alkanes of at least 4 members (excludes halogenated alkanes) is 1. The number of carbonyl (C=O) groups is 1. The van der Waals surface area contributed by atoms with Crippen LogP contribution >= 0.6 is 11.6 Å². The fourth-order valence-electron chi connectivity index (χ4n) is 2.31. The molecule has 1 aromatic heterocycles. The lowest BCUT2D eigenvalue weighted by molar-refractivity contribution is -0.137. The number of halogens is 1. The molecule has 0 aliphatic rings. The van der Waals surface area contributed by atoms with Crippen LogP contribution in [0.3, 0.4) is 0 Å². The quantitative estimate of drug-likeness (QED) is 0.842. The number of aromatic nitrogens is 2. The number of aryl methyl sites for hydroxylation is 2. The topological polar surface area (TPSA) is 55.1 Å². The average molecular weight is 295 g/mol. The van der Waals surface area contributed by atoms with E-state index in [1.165, 1.54) is 0 Å². The molecule has 5 heteroatoms. The molecule has 4 nitrogen and oxygen atoms in total. The molecule has 0 fully saturated rings. The monoisotopic (exact) mass is 294 g/mol. The predicted octanol–water partition coefficient (Wildman–Crippen LogP) is 3.90. The molecule has 108 valence electrons. The van der Waals surface area contributed by atoms with E-state index >= 15 is 0 Å². The molecule has 0 saturated heterocycles. The van der Waals surface area contributed by atoms with Crippen LogP contribution < -0.4 is 0 Å². The Hall–Kier alpha value is -1.55. The Kier molecular flexibility index (Phi) is 5.01. The lowest BCUT2D eigenvalue weighted by Crippen LogP contribution is -2.05. The summed E-state index contributed by atoms with van der Waals surface area (Å²) < 4.78 is 2.19. The van der Waals surface area contributed by atoms with Crippen molar-refractivity contribution in [1.82, 2.24) is 9.55 Å². The smallest absolute Gasteiger partial charge is 0.303 e. The van der Waals surface area contributed by atoms with Gasteiger partial charge in [-0.25, -0.2) is 4.98 Å². The molecule has 2 rings (SSSR count). The Morgan fingerprint density at radius 2 is 2.20 bits per heavy atom. The third kappa shape index (κ3) is 3.51. The molecular weight excluding hydrogens is 276 g/mol. The summed E-state index contributed by atoms with van der Waals surface area (Å²) in [6.45, 7) is 3.07. The van der Waals surface area contributed by atoms with Gasteiger partial charge in [-0.1, -0.05) is 24.9 Å². The highest BCUT2D eigenvalue weighted by Gasteiger charge is 2.11. The van der Waals surface area contributed by atoms with Crippen molar-refractivity contribution in [3.05, 3.63) is 29.0 Å². The fourth-order valence-corrected chi connectivity index (χ4v) is 2.47. The number of rotatable bonds is 7. The number of nitrogens with zero attached hydrogens (tertiary/aromatic N) is 2. The molecule has 0 unspecified atom stereocenters. The molecule has 1 aromatic carbocycles. The largest absolute Gasteiger partial charge is 0.481 e. The van der Waals surface area contributed by atoms with E-state index in [2.05, 4.69) is 16.5 Å². The first kappa shape index (κ1) is 14.9. The number of hydrogen-bond acceptors (Lipinski definition) is 2. The number of imidazole rings is 1. The normalized spacial score (nSPS) is 11.1. The molecule has 0 aliphatic heterocycles. The van der Waals surface area contributed by atoms with Crippen LogP contribution in [0.25, 0.3) is 11.0 Å². The zero-order chi connectivity index (χ0) is 14.5. The van der Waals surface area contributed by atoms with E-state index < -0.39 is 5.97 Å². The first-order chi connectivity index (χ1) is 9.61. The summed E-state index contributed by atoms with van der Waals surface area (Å²) in [5.74, 6) is 0.196. The highest BCUT2D eigenvalue weighted by molar-refractivity contribution is 6.31. The third-order valence-electron chi connectivity index (χ3n) is 3.32. The maximum absolute atomic E-state index is 10.6. The van der Waals surface area contributed by atoms with Crippen LogP contribution in [0.15, 0.2) is 18.2 Å². The Morgan fingerprint density at radius 1 is 1.40 bits per heavy atom. The van der Waals surface area contributed by atoms with E-state index in [9.17, 15) is 4.79 Å². The fraction of sp³-hybridized carbons (Fsp3) is 0.467. The van der Waals surface area contributed by atoms with Crippen molar-refractivity contribution in [2.75, 3.05) is 0 Å². The van der Waals surface area contributed by atoms with Gasteiger partial charge in [0.1, 0.15) is 5.82 Å². The van der Waals surface area contributed by atoms with Crippen molar-refractivity contribution in [2.24, 2.45) is 0 Å². The minimum Gasteiger partial charge on any atom is -0.481 e. The zero-order valence-corrected chi connectivity index (χ0v) is 12.4. The molecule has 2 aromatic rings. The van der Waals surface area contributed by atoms with Gasteiger partial charge in [-0.2, -0.15) is 0 Å². The number of hydrogen-bond donors (Lipinski definition) is 1. The minimum absolute atomic E-state index is 0.178. The predicted molar refractivity (Wildman–Crippen MR) is 80.2 cm³/mol. The molecule has 0 radical (unpaired) electrons. The van der Waals surface area contributed by atoms with Crippen molar-refractivity contribution in [1.29, 1.82) is 0 Å². The van der Waals surface area contributed by atoms with Crippen LogP contribution in [0, 0.1) is 0 Å². The Labute approximate surface area is 123 Å². The standard InChI is InChI=1S/C15H19ClN2O2/c1-2-3-9-18-13-8-7-11(16)10-12(13)17-14(18)5-4-6-15(19)20/h7-8,10H,2-6,9H2,1H3,(H,19,20). The molecule has 20 heavy (non-hydrogen) atoms. The van der Waals surface area contributed by atoms with Gasteiger partial charge in [-0.05, 0) is 31.0 Å². The lowest BCUT2D eigenvalue weighted by Gasteiger charge is -2.08. The van der Waals surface area contributed by atoms with Crippen LogP contribution in [-0.4, -0.2) is 20.6 Å². The van der Waals surface area contributed by atoms with Gasteiger partial charge in [0.2, 0.25) is 0 Å². The summed E-state index contributed by atoms with van der Waals surface area (Å²) in [4.78, 5) is 15.2. The summed E-state index contributed by atoms with van der Waals surface area (Å²) in [6.07, 6.45) is 3.67. The van der Waals surface area contributed by atoms with Crippen molar-refractivity contribution in [3.8, 4) is 0 Å². The number of fused-ring (bicyclic) bond motifs is 1. The van der Waals surface area contributed by atoms with Crippen LogP contribution in [0.1, 0.15) is 38.4 Å². The Balaban J connectivity index is 2.27. The van der Waals surface area contributed by atoms with Gasteiger partial charge in [0.25, 0.3) is 0 Å². The van der Waals surface area contributed by atoms with E-state index in [-0.39, 0.29) is 6.42 Å². The van der Waals surface area contributed by atoms with Crippen LogP contribution in [-0.2, 0) is 17.8 Å². The van der Waals surface area contributed by atoms with Gasteiger partial charge in [0.15, 0.2) is 0 Å². The van der Waals surface area contributed by atoms with Crippen molar-refractivity contribution >= 4 is 28.6 Å². The van der Waals surface area contributed by atoms with E-state index in [1.54, 1.807) is 0 Å². The number of carboxylic acid groups (broad SMARTS) is 1. The third-order valence-corrected chi connectivity index (χ3v) is 3.55. The van der Waals surface area contributed by atoms with Crippen LogP contribution in [0.4, 0.5) is 0 Å². The zero-order valence-electron chi connectivity index (χ0n) is 11.6. The molecule has 0 spiro atoms. The molecule has 0 bridgehead atoms. The number of benzene rings is 1. The van der Waals surface area contributed by atoms with Crippen LogP contribution in [0.2, 0.25) is 5.02 Å². The summed E-state index contributed by atoms with van der Waals surface area (Å²) in [5, 5.41) is 9.41. The first-order valence-electron chi connectivity index (χ1n) is 6.98. The Bertz CT molecular complexity index is 607. The van der Waals surface area contributed by atoms with Gasteiger partial charge < -0.3 is 9.67 Å². The van der Waals surface area contributed by atoms with Crippen molar-refractivity contribution in [3.63, 3.8) is 0 Å². The average Bonchev–Trinajstić information content (AvgIpc) is 2.72. The molecule has 0 amide bonds. The van der Waals surface area contributed by atoms with Gasteiger partial charge in [0, 0.05) is 24.4 Å². The molecule has 1 heterocycles. The van der Waals surface area contributed by atoms with Crippen LogP contribution in [0.5, 0.6) is 0 Å². The van der Waals surface area contributed by atoms with Gasteiger partial charge in [-0.15, -0.1) is 0 Å². The molecular formula is C15H19ClN2O2. The SMILES string of the molecule is CCCCn1c(CCCC(=O)O)nc2cc(Cl)ccc21. The summed E-state index contributed by atoms with van der Waals surface area (Å²) in [7, 11) is 0. The highest BCUT2D eigenvalue weighted by Crippen LogP contribution is 2.22. The minimum atomic E-state index is -0.760. The number of carboxylic acids is 1. The number of aliphatic carboxylic acids is 1. The summed E-state index contributed by atoms with van der Waals surface area (Å²) >= 11 is 6.00. The van der Waals surface area contributed by atoms with E-state index in [0.717, 1.165) is 36.2 Å². The Morgan fingerprint density at radius 3 is 2.90 bits per heavy atom. The summed E-state index contributed by atoms with van der Waals surface area (Å²) in [6, 6.07) is 5.72.